The molecular formula is C14H30N2S4. The van der Waals surface area contributed by atoms with Crippen LogP contribution in [0, 0.1) is 0 Å². The van der Waals surface area contributed by atoms with Crippen molar-refractivity contribution < 1.29 is 0 Å². The van der Waals surface area contributed by atoms with Gasteiger partial charge in [-0.3, -0.25) is 0 Å². The van der Waals surface area contributed by atoms with Crippen LogP contribution in [0.5, 0.6) is 0 Å². The highest BCUT2D eigenvalue weighted by molar-refractivity contribution is 8.03. The Morgan fingerprint density at radius 3 is 0.950 bits per heavy atom. The maximum atomic E-state index is 2.48. The molecule has 0 aromatic rings. The Balaban J connectivity index is 2.16. The quantitative estimate of drug-likeness (QED) is 0.655. The first-order chi connectivity index (χ1) is 9.79. The molecule has 0 amide bonds. The number of hydrogen-bond donors (Lipinski definition) is 0. The molecule has 0 aromatic carbocycles. The molecule has 0 atom stereocenters. The zero-order valence-corrected chi connectivity index (χ0v) is 16.3. The van der Waals surface area contributed by atoms with Gasteiger partial charge in [-0.15, -0.1) is 0 Å². The van der Waals surface area contributed by atoms with Crippen molar-refractivity contribution in [2.24, 2.45) is 0 Å². The minimum absolute atomic E-state index is 1.24. The van der Waals surface area contributed by atoms with E-state index in [1.54, 1.807) is 0 Å². The zero-order chi connectivity index (χ0) is 14.5. The Bertz CT molecular complexity index is 177. The van der Waals surface area contributed by atoms with Gasteiger partial charge in [0, 0.05) is 72.2 Å². The van der Waals surface area contributed by atoms with Gasteiger partial charge in [0.25, 0.3) is 0 Å². The Kier molecular flexibility index (Phi) is 13.5. The minimum Gasteiger partial charge on any atom is -0.305 e. The number of hydrogen-bond acceptors (Lipinski definition) is 6. The second kappa shape index (κ2) is 13.9. The number of rotatable bonds is 0. The number of thioether (sulfide) groups is 4. The molecule has 1 rings (SSSR count). The van der Waals surface area contributed by atoms with E-state index in [1.807, 2.05) is 0 Å². The molecule has 20 heavy (non-hydrogen) atoms. The average molecular weight is 355 g/mol. The molecule has 1 fully saturated rings. The normalized spacial score (nSPS) is 24.9. The van der Waals surface area contributed by atoms with Crippen LogP contribution in [0.2, 0.25) is 0 Å². The molecule has 1 aliphatic heterocycles. The van der Waals surface area contributed by atoms with E-state index in [4.69, 9.17) is 0 Å². The summed E-state index contributed by atoms with van der Waals surface area (Å²) in [6.07, 6.45) is 0. The summed E-state index contributed by atoms with van der Waals surface area (Å²) in [5.41, 5.74) is 0. The molecule has 1 saturated heterocycles. The van der Waals surface area contributed by atoms with Crippen LogP contribution in [-0.4, -0.2) is 96.1 Å². The Morgan fingerprint density at radius 2 is 0.700 bits per heavy atom. The van der Waals surface area contributed by atoms with Gasteiger partial charge in [-0.05, 0) is 14.1 Å². The molecule has 0 aliphatic carbocycles. The van der Waals surface area contributed by atoms with Gasteiger partial charge in [-0.1, -0.05) is 0 Å². The van der Waals surface area contributed by atoms with Crippen LogP contribution >= 0.6 is 47.0 Å². The smallest absolute Gasteiger partial charge is 0.00696 e. The third-order valence-corrected chi connectivity index (χ3v) is 7.59. The van der Waals surface area contributed by atoms with E-state index in [2.05, 4.69) is 70.9 Å². The summed E-state index contributed by atoms with van der Waals surface area (Å²) < 4.78 is 0. The lowest BCUT2D eigenvalue weighted by Crippen LogP contribution is -2.25. The predicted molar refractivity (Wildman–Crippen MR) is 104 cm³/mol. The molecule has 0 aromatic heterocycles. The Morgan fingerprint density at radius 1 is 0.450 bits per heavy atom. The Hall–Kier alpha value is 1.32. The van der Waals surface area contributed by atoms with Crippen LogP contribution < -0.4 is 0 Å². The van der Waals surface area contributed by atoms with Gasteiger partial charge >= 0.3 is 0 Å². The van der Waals surface area contributed by atoms with E-state index in [9.17, 15) is 0 Å². The van der Waals surface area contributed by atoms with E-state index in [1.165, 1.54) is 72.2 Å². The summed E-state index contributed by atoms with van der Waals surface area (Å²) in [6, 6.07) is 0. The van der Waals surface area contributed by atoms with Gasteiger partial charge in [0.2, 0.25) is 0 Å². The fourth-order valence-electron chi connectivity index (χ4n) is 1.75. The fourth-order valence-corrected chi connectivity index (χ4v) is 6.21. The summed E-state index contributed by atoms with van der Waals surface area (Å²) in [6.45, 7) is 4.97. The minimum atomic E-state index is 1.24. The molecule has 2 nitrogen and oxygen atoms in total. The highest BCUT2D eigenvalue weighted by Crippen LogP contribution is 2.10. The van der Waals surface area contributed by atoms with E-state index < -0.39 is 0 Å². The summed E-state index contributed by atoms with van der Waals surface area (Å²) in [5.74, 6) is 10.4. The van der Waals surface area contributed by atoms with E-state index >= 15 is 0 Å². The monoisotopic (exact) mass is 354 g/mol. The van der Waals surface area contributed by atoms with Crippen molar-refractivity contribution in [2.75, 3.05) is 86.3 Å². The molecule has 0 saturated carbocycles. The first-order valence-electron chi connectivity index (χ1n) is 7.47. The third-order valence-electron chi connectivity index (χ3n) is 3.21. The number of nitrogens with zero attached hydrogens (tertiary/aromatic N) is 2. The molecule has 0 bridgehead atoms. The van der Waals surface area contributed by atoms with Gasteiger partial charge in [-0.2, -0.15) is 47.0 Å². The molecule has 1 aliphatic rings. The molecule has 0 unspecified atom stereocenters. The lowest BCUT2D eigenvalue weighted by atomic mass is 10.6. The molecule has 1 heterocycles. The van der Waals surface area contributed by atoms with E-state index in [-0.39, 0.29) is 0 Å². The molecule has 120 valence electrons. The van der Waals surface area contributed by atoms with Crippen molar-refractivity contribution in [3.63, 3.8) is 0 Å². The highest BCUT2D eigenvalue weighted by Gasteiger charge is 2.02. The van der Waals surface area contributed by atoms with Crippen LogP contribution in [0.25, 0.3) is 0 Å². The van der Waals surface area contributed by atoms with Gasteiger partial charge in [-0.25, -0.2) is 0 Å². The SMILES string of the molecule is CN1CCSCCSCCN(C)CCSCCSCC1. The van der Waals surface area contributed by atoms with Crippen molar-refractivity contribution in [2.45, 2.75) is 0 Å². The van der Waals surface area contributed by atoms with Gasteiger partial charge in [0.1, 0.15) is 0 Å². The second-order valence-corrected chi connectivity index (χ2v) is 9.96. The summed E-state index contributed by atoms with van der Waals surface area (Å²) in [7, 11) is 4.53. The molecular weight excluding hydrogens is 324 g/mol. The summed E-state index contributed by atoms with van der Waals surface area (Å²) in [4.78, 5) is 4.97. The summed E-state index contributed by atoms with van der Waals surface area (Å²) in [5, 5.41) is 0. The summed E-state index contributed by atoms with van der Waals surface area (Å²) >= 11 is 8.46. The van der Waals surface area contributed by atoms with Gasteiger partial charge < -0.3 is 9.80 Å². The fraction of sp³-hybridized carbons (Fsp3) is 1.00. The van der Waals surface area contributed by atoms with Crippen LogP contribution in [0.3, 0.4) is 0 Å². The van der Waals surface area contributed by atoms with Crippen molar-refractivity contribution >= 4 is 47.0 Å². The lowest BCUT2D eigenvalue weighted by Gasteiger charge is -2.17. The topological polar surface area (TPSA) is 6.48 Å². The maximum Gasteiger partial charge on any atom is 0.00696 e. The predicted octanol–water partition coefficient (Wildman–Crippen LogP) is 2.80. The molecule has 0 N–H and O–H groups in total. The maximum absolute atomic E-state index is 2.48. The van der Waals surface area contributed by atoms with Crippen LogP contribution in [0.15, 0.2) is 0 Å². The molecule has 6 heteroatoms. The molecule has 0 spiro atoms. The first kappa shape index (κ1) is 19.4. The first-order valence-corrected chi connectivity index (χ1v) is 12.1. The molecule has 0 radical (unpaired) electrons. The van der Waals surface area contributed by atoms with Crippen molar-refractivity contribution in [3.8, 4) is 0 Å². The average Bonchev–Trinajstić information content (AvgIpc) is 2.43. The van der Waals surface area contributed by atoms with Crippen LogP contribution in [-0.2, 0) is 0 Å². The second-order valence-electron chi connectivity index (χ2n) is 5.06. The largest absolute Gasteiger partial charge is 0.305 e. The van der Waals surface area contributed by atoms with Gasteiger partial charge in [0.05, 0.1) is 0 Å². The van der Waals surface area contributed by atoms with Crippen molar-refractivity contribution in [3.05, 3.63) is 0 Å². The van der Waals surface area contributed by atoms with Crippen molar-refractivity contribution in [1.82, 2.24) is 9.80 Å². The van der Waals surface area contributed by atoms with Gasteiger partial charge in [0.15, 0.2) is 0 Å². The Labute approximate surface area is 142 Å². The highest BCUT2D eigenvalue weighted by atomic mass is 32.2. The lowest BCUT2D eigenvalue weighted by molar-refractivity contribution is 0.379. The van der Waals surface area contributed by atoms with E-state index in [0.717, 1.165) is 0 Å². The third kappa shape index (κ3) is 11.9. The zero-order valence-electron chi connectivity index (χ0n) is 13.0. The van der Waals surface area contributed by atoms with Crippen LogP contribution in [0.4, 0.5) is 0 Å². The standard InChI is InChI=1S/C14H30N2S4/c1-15-3-7-17-11-13-19-9-5-16(2)6-10-20-14-12-18-8-4-15/h3-14H2,1-2H3. The van der Waals surface area contributed by atoms with Crippen LogP contribution in [0.1, 0.15) is 0 Å². The van der Waals surface area contributed by atoms with E-state index in [0.29, 0.717) is 0 Å². The van der Waals surface area contributed by atoms with Crippen molar-refractivity contribution in [1.29, 1.82) is 0 Å².